The molecule has 3 N–H and O–H groups in total. The normalized spacial score (nSPS) is 17.3. The molecule has 0 aromatic carbocycles. The van der Waals surface area contributed by atoms with Crippen molar-refractivity contribution in [2.75, 3.05) is 26.2 Å². The molecule has 1 rings (SSSR count). The van der Waals surface area contributed by atoms with Gasteiger partial charge in [0.2, 0.25) is 11.8 Å². The topological polar surface area (TPSA) is 75.4 Å². The number of nitrogens with zero attached hydrogens (tertiary/aromatic N) is 1. The van der Waals surface area contributed by atoms with E-state index < -0.39 is 0 Å². The lowest BCUT2D eigenvalue weighted by Crippen LogP contribution is -2.43. The van der Waals surface area contributed by atoms with E-state index >= 15 is 0 Å². The maximum Gasteiger partial charge on any atom is 0.241 e. The van der Waals surface area contributed by atoms with Crippen molar-refractivity contribution in [3.63, 3.8) is 0 Å². The van der Waals surface area contributed by atoms with Gasteiger partial charge in [0.15, 0.2) is 0 Å². The number of nitrogens with two attached hydrogens (primary N) is 1. The van der Waals surface area contributed by atoms with Crippen molar-refractivity contribution in [3.05, 3.63) is 0 Å². The molecule has 1 aliphatic rings. The van der Waals surface area contributed by atoms with E-state index in [1.807, 2.05) is 11.8 Å². The molecule has 5 heteroatoms. The fourth-order valence-electron chi connectivity index (χ4n) is 2.16. The SMILES string of the molecule is CCC(CN)CC(=O)NCC(=O)N1CCCCC1. The summed E-state index contributed by atoms with van der Waals surface area (Å²) in [5.41, 5.74) is 5.55. The lowest BCUT2D eigenvalue weighted by Gasteiger charge is -2.26. The van der Waals surface area contributed by atoms with Gasteiger partial charge in [0.05, 0.1) is 6.54 Å². The van der Waals surface area contributed by atoms with Crippen molar-refractivity contribution in [2.45, 2.75) is 39.0 Å². The fourth-order valence-corrected chi connectivity index (χ4v) is 2.16. The number of hydrogen-bond acceptors (Lipinski definition) is 3. The van der Waals surface area contributed by atoms with E-state index in [4.69, 9.17) is 5.73 Å². The summed E-state index contributed by atoms with van der Waals surface area (Å²) in [6, 6.07) is 0. The molecular formula is C13H25N3O2. The number of rotatable bonds is 6. The van der Waals surface area contributed by atoms with Crippen LogP contribution in [0.1, 0.15) is 39.0 Å². The van der Waals surface area contributed by atoms with Crippen molar-refractivity contribution in [3.8, 4) is 0 Å². The molecule has 0 aromatic heterocycles. The van der Waals surface area contributed by atoms with Crippen LogP contribution in [0.25, 0.3) is 0 Å². The summed E-state index contributed by atoms with van der Waals surface area (Å²) in [6.45, 7) is 4.32. The van der Waals surface area contributed by atoms with Gasteiger partial charge in [0.25, 0.3) is 0 Å². The highest BCUT2D eigenvalue weighted by Gasteiger charge is 2.17. The maximum absolute atomic E-state index is 11.8. The minimum atomic E-state index is -0.0716. The molecule has 1 aliphatic heterocycles. The summed E-state index contributed by atoms with van der Waals surface area (Å²) < 4.78 is 0. The number of nitrogens with one attached hydrogen (secondary N) is 1. The molecule has 1 fully saturated rings. The van der Waals surface area contributed by atoms with Gasteiger partial charge in [-0.3, -0.25) is 9.59 Å². The van der Waals surface area contributed by atoms with Crippen LogP contribution in [0.3, 0.4) is 0 Å². The van der Waals surface area contributed by atoms with Crippen LogP contribution in [-0.2, 0) is 9.59 Å². The first kappa shape index (κ1) is 15.0. The van der Waals surface area contributed by atoms with Gasteiger partial charge in [0.1, 0.15) is 0 Å². The number of hydrogen-bond donors (Lipinski definition) is 2. The van der Waals surface area contributed by atoms with E-state index in [9.17, 15) is 9.59 Å². The highest BCUT2D eigenvalue weighted by molar-refractivity contribution is 5.84. The first-order valence-electron chi connectivity index (χ1n) is 6.92. The molecule has 0 bridgehead atoms. The van der Waals surface area contributed by atoms with Crippen LogP contribution < -0.4 is 11.1 Å². The van der Waals surface area contributed by atoms with Crippen molar-refractivity contribution >= 4 is 11.8 Å². The largest absolute Gasteiger partial charge is 0.347 e. The van der Waals surface area contributed by atoms with Gasteiger partial charge in [-0.2, -0.15) is 0 Å². The van der Waals surface area contributed by atoms with E-state index in [2.05, 4.69) is 5.32 Å². The van der Waals surface area contributed by atoms with Crippen LogP contribution >= 0.6 is 0 Å². The summed E-state index contributed by atoms with van der Waals surface area (Å²) in [6.07, 6.45) is 4.66. The monoisotopic (exact) mass is 255 g/mol. The molecule has 0 radical (unpaired) electrons. The van der Waals surface area contributed by atoms with Crippen LogP contribution in [0.4, 0.5) is 0 Å². The number of carbonyl (C=O) groups is 2. The van der Waals surface area contributed by atoms with Crippen molar-refractivity contribution in [2.24, 2.45) is 11.7 Å². The maximum atomic E-state index is 11.8. The highest BCUT2D eigenvalue weighted by atomic mass is 16.2. The number of carbonyl (C=O) groups excluding carboxylic acids is 2. The zero-order valence-electron chi connectivity index (χ0n) is 11.3. The molecule has 1 unspecified atom stereocenters. The van der Waals surface area contributed by atoms with Crippen LogP contribution in [0.2, 0.25) is 0 Å². The molecule has 1 saturated heterocycles. The predicted octanol–water partition coefficient (Wildman–Crippen LogP) is 0.490. The third-order valence-electron chi connectivity index (χ3n) is 3.53. The summed E-state index contributed by atoms with van der Waals surface area (Å²) >= 11 is 0. The predicted molar refractivity (Wildman–Crippen MR) is 70.9 cm³/mol. The molecular weight excluding hydrogens is 230 g/mol. The second-order valence-corrected chi connectivity index (χ2v) is 4.93. The smallest absolute Gasteiger partial charge is 0.241 e. The summed E-state index contributed by atoms with van der Waals surface area (Å²) in [5, 5.41) is 2.69. The number of piperidine rings is 1. The van der Waals surface area contributed by atoms with E-state index in [1.165, 1.54) is 6.42 Å². The minimum Gasteiger partial charge on any atom is -0.347 e. The van der Waals surface area contributed by atoms with E-state index in [0.717, 1.165) is 32.4 Å². The minimum absolute atomic E-state index is 0.0313. The quantitative estimate of drug-likeness (QED) is 0.725. The zero-order chi connectivity index (χ0) is 13.4. The molecule has 104 valence electrons. The van der Waals surface area contributed by atoms with Crippen molar-refractivity contribution < 1.29 is 9.59 Å². The average Bonchev–Trinajstić information content (AvgIpc) is 2.43. The van der Waals surface area contributed by atoms with Gasteiger partial charge in [-0.1, -0.05) is 13.3 Å². The van der Waals surface area contributed by atoms with Crippen LogP contribution in [0, 0.1) is 5.92 Å². The Bertz CT molecular complexity index is 271. The molecule has 0 spiro atoms. The van der Waals surface area contributed by atoms with Gasteiger partial charge < -0.3 is 16.0 Å². The van der Waals surface area contributed by atoms with Crippen LogP contribution in [0.5, 0.6) is 0 Å². The zero-order valence-corrected chi connectivity index (χ0v) is 11.3. The Hall–Kier alpha value is -1.10. The van der Waals surface area contributed by atoms with E-state index in [-0.39, 0.29) is 24.3 Å². The molecule has 0 saturated carbocycles. The van der Waals surface area contributed by atoms with Gasteiger partial charge >= 0.3 is 0 Å². The Morgan fingerprint density at radius 3 is 2.50 bits per heavy atom. The van der Waals surface area contributed by atoms with Gasteiger partial charge in [-0.15, -0.1) is 0 Å². The highest BCUT2D eigenvalue weighted by Crippen LogP contribution is 2.08. The molecule has 0 aromatic rings. The van der Waals surface area contributed by atoms with Gasteiger partial charge in [0, 0.05) is 19.5 Å². The van der Waals surface area contributed by atoms with Gasteiger partial charge in [-0.05, 0) is 31.7 Å². The molecule has 2 amide bonds. The van der Waals surface area contributed by atoms with Crippen LogP contribution in [0.15, 0.2) is 0 Å². The lowest BCUT2D eigenvalue weighted by molar-refractivity contribution is -0.133. The Morgan fingerprint density at radius 2 is 1.94 bits per heavy atom. The number of likely N-dealkylation sites (tertiary alicyclic amines) is 1. The molecule has 5 nitrogen and oxygen atoms in total. The van der Waals surface area contributed by atoms with Crippen molar-refractivity contribution in [1.82, 2.24) is 10.2 Å². The van der Waals surface area contributed by atoms with E-state index in [1.54, 1.807) is 0 Å². The molecule has 1 heterocycles. The average molecular weight is 255 g/mol. The summed E-state index contributed by atoms with van der Waals surface area (Å²) in [4.78, 5) is 25.3. The van der Waals surface area contributed by atoms with Crippen LogP contribution in [-0.4, -0.2) is 42.9 Å². The Morgan fingerprint density at radius 1 is 1.28 bits per heavy atom. The number of amides is 2. The lowest BCUT2D eigenvalue weighted by atomic mass is 10.0. The van der Waals surface area contributed by atoms with E-state index in [0.29, 0.717) is 13.0 Å². The standard InChI is InChI=1S/C13H25N3O2/c1-2-11(9-14)8-12(17)15-10-13(18)16-6-4-3-5-7-16/h11H,2-10,14H2,1H3,(H,15,17). The Kier molecular flexibility index (Phi) is 6.72. The third kappa shape index (κ3) is 5.04. The Labute approximate surface area is 109 Å². The second-order valence-electron chi connectivity index (χ2n) is 4.93. The third-order valence-corrected chi connectivity index (χ3v) is 3.53. The molecule has 0 aliphatic carbocycles. The van der Waals surface area contributed by atoms with Gasteiger partial charge in [-0.25, -0.2) is 0 Å². The first-order valence-corrected chi connectivity index (χ1v) is 6.92. The first-order chi connectivity index (χ1) is 8.67. The Balaban J connectivity index is 2.22. The van der Waals surface area contributed by atoms with Crippen molar-refractivity contribution in [1.29, 1.82) is 0 Å². The summed E-state index contributed by atoms with van der Waals surface area (Å²) in [5.74, 6) is 0.177. The summed E-state index contributed by atoms with van der Waals surface area (Å²) in [7, 11) is 0. The molecule has 18 heavy (non-hydrogen) atoms. The molecule has 1 atom stereocenters. The second kappa shape index (κ2) is 8.08. The fraction of sp³-hybridized carbons (Fsp3) is 0.846.